The van der Waals surface area contributed by atoms with Gasteiger partial charge in [0.15, 0.2) is 0 Å². The number of para-hydroxylation sites is 1. The van der Waals surface area contributed by atoms with Crippen molar-refractivity contribution in [1.29, 1.82) is 0 Å². The number of aliphatic hydroxyl groups is 1. The molecule has 0 fully saturated rings. The van der Waals surface area contributed by atoms with Crippen LogP contribution in [0.2, 0.25) is 0 Å². The van der Waals surface area contributed by atoms with Crippen molar-refractivity contribution in [3.8, 4) is 0 Å². The molecule has 3 aromatic carbocycles. The van der Waals surface area contributed by atoms with Gasteiger partial charge in [-0.1, -0.05) is 78.9 Å². The van der Waals surface area contributed by atoms with Gasteiger partial charge in [-0.2, -0.15) is 0 Å². The first-order valence-corrected chi connectivity index (χ1v) is 9.37. The maximum absolute atomic E-state index is 10.4. The van der Waals surface area contributed by atoms with Crippen molar-refractivity contribution in [2.24, 2.45) is 0 Å². The van der Waals surface area contributed by atoms with Gasteiger partial charge in [0.05, 0.1) is 6.10 Å². The quantitative estimate of drug-likeness (QED) is 0.452. The van der Waals surface area contributed by atoms with E-state index in [0.717, 1.165) is 17.6 Å². The average Bonchev–Trinajstić information content (AvgIpc) is 3.16. The molecule has 0 aliphatic rings. The molecule has 2 atom stereocenters. The van der Waals surface area contributed by atoms with Crippen LogP contribution in [0.4, 0.5) is 0 Å². The highest BCUT2D eigenvalue weighted by Crippen LogP contribution is 2.30. The molecule has 0 spiro atoms. The average molecular weight is 356 g/mol. The molecule has 0 amide bonds. The lowest BCUT2D eigenvalue weighted by Gasteiger charge is -2.20. The lowest BCUT2D eigenvalue weighted by Crippen LogP contribution is -2.27. The Bertz CT molecular complexity index is 979. The summed E-state index contributed by atoms with van der Waals surface area (Å²) in [5.41, 5.74) is 4.63. The maximum Gasteiger partial charge on any atom is 0.0914 e. The third-order valence-corrected chi connectivity index (χ3v) is 5.07. The van der Waals surface area contributed by atoms with Crippen molar-refractivity contribution in [3.63, 3.8) is 0 Å². The fraction of sp³-hybridized carbons (Fsp3) is 0.167. The van der Waals surface area contributed by atoms with Crippen molar-refractivity contribution >= 4 is 10.9 Å². The van der Waals surface area contributed by atoms with Gasteiger partial charge >= 0.3 is 0 Å². The molecule has 0 radical (unpaired) electrons. The molecule has 0 aliphatic carbocycles. The van der Waals surface area contributed by atoms with E-state index in [0.29, 0.717) is 6.54 Å². The van der Waals surface area contributed by atoms with Gasteiger partial charge in [0.2, 0.25) is 0 Å². The number of fused-ring (bicyclic) bond motifs is 1. The van der Waals surface area contributed by atoms with Gasteiger partial charge in [-0.3, -0.25) is 0 Å². The molecule has 4 rings (SSSR count). The largest absolute Gasteiger partial charge is 0.387 e. The van der Waals surface area contributed by atoms with Crippen LogP contribution in [-0.2, 0) is 0 Å². The first-order chi connectivity index (χ1) is 13.3. The van der Waals surface area contributed by atoms with Crippen molar-refractivity contribution in [3.05, 3.63) is 108 Å². The van der Waals surface area contributed by atoms with Gasteiger partial charge in [-0.15, -0.1) is 0 Å². The molecular formula is C24H24N2O. The highest BCUT2D eigenvalue weighted by molar-refractivity contribution is 5.84. The van der Waals surface area contributed by atoms with Gasteiger partial charge in [0.1, 0.15) is 0 Å². The van der Waals surface area contributed by atoms with E-state index in [9.17, 15) is 5.11 Å². The molecule has 3 heteroatoms. The van der Waals surface area contributed by atoms with Crippen molar-refractivity contribution in [2.45, 2.75) is 12.0 Å². The van der Waals surface area contributed by atoms with Crippen LogP contribution in [-0.4, -0.2) is 23.2 Å². The van der Waals surface area contributed by atoms with Crippen LogP contribution in [0.5, 0.6) is 0 Å². The first kappa shape index (κ1) is 17.5. The summed E-state index contributed by atoms with van der Waals surface area (Å²) in [5, 5.41) is 15.2. The molecule has 0 unspecified atom stereocenters. The van der Waals surface area contributed by atoms with E-state index in [1.54, 1.807) is 0 Å². The standard InChI is InChI=1S/C24H24N2O/c27-24(19-11-5-2-6-12-19)17-25-15-21(18-9-3-1-4-10-18)22-16-26-23-14-8-7-13-20(22)23/h1-14,16,21,24-27H,15,17H2/t21-,24+/m0/s1. The van der Waals surface area contributed by atoms with Crippen LogP contribution in [0.3, 0.4) is 0 Å². The molecule has 27 heavy (non-hydrogen) atoms. The fourth-order valence-electron chi connectivity index (χ4n) is 3.63. The molecule has 0 bridgehead atoms. The zero-order valence-corrected chi connectivity index (χ0v) is 15.2. The zero-order chi connectivity index (χ0) is 18.5. The number of rotatable bonds is 7. The lowest BCUT2D eigenvalue weighted by atomic mass is 9.91. The van der Waals surface area contributed by atoms with Gasteiger partial charge in [0, 0.05) is 36.1 Å². The second-order valence-corrected chi connectivity index (χ2v) is 6.84. The summed E-state index contributed by atoms with van der Waals surface area (Å²) >= 11 is 0. The summed E-state index contributed by atoms with van der Waals surface area (Å²) in [7, 11) is 0. The van der Waals surface area contributed by atoms with Crippen LogP contribution in [0.25, 0.3) is 10.9 Å². The summed E-state index contributed by atoms with van der Waals surface area (Å²) in [6.45, 7) is 1.28. The van der Waals surface area contributed by atoms with Crippen LogP contribution in [0, 0.1) is 0 Å². The number of aliphatic hydroxyl groups excluding tert-OH is 1. The predicted octanol–water partition coefficient (Wildman–Crippen LogP) is 4.62. The molecule has 3 nitrogen and oxygen atoms in total. The molecule has 1 aromatic heterocycles. The monoisotopic (exact) mass is 356 g/mol. The summed E-state index contributed by atoms with van der Waals surface area (Å²) in [4.78, 5) is 3.39. The topological polar surface area (TPSA) is 48.0 Å². The SMILES string of the molecule is O[C@H](CNC[C@@H](c1ccccc1)c1c[nH]c2ccccc12)c1ccccc1. The minimum absolute atomic E-state index is 0.213. The summed E-state index contributed by atoms with van der Waals surface area (Å²) in [6, 6.07) is 28.7. The van der Waals surface area contributed by atoms with E-state index < -0.39 is 6.10 Å². The third-order valence-electron chi connectivity index (χ3n) is 5.07. The number of nitrogens with one attached hydrogen (secondary N) is 2. The van der Waals surface area contributed by atoms with Crippen LogP contribution in [0.15, 0.2) is 91.1 Å². The molecule has 0 saturated heterocycles. The summed E-state index contributed by atoms with van der Waals surface area (Å²) in [6.07, 6.45) is 1.60. The first-order valence-electron chi connectivity index (χ1n) is 9.37. The Kier molecular flexibility index (Phi) is 5.33. The Morgan fingerprint density at radius 1 is 0.741 bits per heavy atom. The Balaban J connectivity index is 1.54. The number of benzene rings is 3. The van der Waals surface area contributed by atoms with Gasteiger partial charge < -0.3 is 15.4 Å². The molecule has 4 aromatic rings. The predicted molar refractivity (Wildman–Crippen MR) is 111 cm³/mol. The third kappa shape index (κ3) is 3.95. The Labute approximate surface area is 159 Å². The van der Waals surface area contributed by atoms with Gasteiger partial charge in [-0.25, -0.2) is 0 Å². The van der Waals surface area contributed by atoms with Crippen LogP contribution < -0.4 is 5.32 Å². The second kappa shape index (κ2) is 8.21. The molecule has 136 valence electrons. The highest BCUT2D eigenvalue weighted by atomic mass is 16.3. The van der Waals surface area contributed by atoms with E-state index in [1.165, 1.54) is 16.5 Å². The maximum atomic E-state index is 10.4. The van der Waals surface area contributed by atoms with Gasteiger partial charge in [-0.05, 0) is 22.8 Å². The number of hydrogen-bond acceptors (Lipinski definition) is 2. The smallest absolute Gasteiger partial charge is 0.0914 e. The van der Waals surface area contributed by atoms with E-state index in [2.05, 4.69) is 65.0 Å². The normalized spacial score (nSPS) is 13.5. The Hall–Kier alpha value is -2.88. The molecule has 0 aliphatic heterocycles. The number of aromatic nitrogens is 1. The lowest BCUT2D eigenvalue weighted by molar-refractivity contribution is 0.174. The van der Waals surface area contributed by atoms with Gasteiger partial charge in [0.25, 0.3) is 0 Å². The minimum Gasteiger partial charge on any atom is -0.387 e. The van der Waals surface area contributed by atoms with E-state index in [4.69, 9.17) is 0 Å². The fourth-order valence-corrected chi connectivity index (χ4v) is 3.63. The molecular weight excluding hydrogens is 332 g/mol. The number of aromatic amines is 1. The van der Waals surface area contributed by atoms with Crippen LogP contribution >= 0.6 is 0 Å². The summed E-state index contributed by atoms with van der Waals surface area (Å²) < 4.78 is 0. The number of hydrogen-bond donors (Lipinski definition) is 3. The Morgan fingerprint density at radius 3 is 2.11 bits per heavy atom. The highest BCUT2D eigenvalue weighted by Gasteiger charge is 2.18. The second-order valence-electron chi connectivity index (χ2n) is 6.84. The van der Waals surface area contributed by atoms with E-state index >= 15 is 0 Å². The molecule has 0 saturated carbocycles. The Morgan fingerprint density at radius 2 is 1.37 bits per heavy atom. The summed E-state index contributed by atoms with van der Waals surface area (Å²) in [5.74, 6) is 0.213. The molecule has 1 heterocycles. The van der Waals surface area contributed by atoms with Crippen LogP contribution in [0.1, 0.15) is 28.7 Å². The van der Waals surface area contributed by atoms with Crippen molar-refractivity contribution < 1.29 is 5.11 Å². The number of H-pyrrole nitrogens is 1. The van der Waals surface area contributed by atoms with Crippen molar-refractivity contribution in [2.75, 3.05) is 13.1 Å². The van der Waals surface area contributed by atoms with E-state index in [1.807, 2.05) is 36.4 Å². The van der Waals surface area contributed by atoms with Crippen molar-refractivity contribution in [1.82, 2.24) is 10.3 Å². The zero-order valence-electron chi connectivity index (χ0n) is 15.2. The minimum atomic E-state index is -0.509. The van der Waals surface area contributed by atoms with E-state index in [-0.39, 0.29) is 5.92 Å². The molecule has 3 N–H and O–H groups in total.